The molecule has 142 valence electrons. The van der Waals surface area contributed by atoms with Crippen molar-refractivity contribution in [2.75, 3.05) is 13.4 Å². The summed E-state index contributed by atoms with van der Waals surface area (Å²) in [5, 5.41) is 13.8. The Bertz CT molecular complexity index is 833. The summed E-state index contributed by atoms with van der Waals surface area (Å²) in [5.41, 5.74) is -0.195. The normalized spacial score (nSPS) is 35.3. The fourth-order valence-corrected chi connectivity index (χ4v) is 6.17. The number of carbonyl (C=O) groups excluding carboxylic acids is 1. The van der Waals surface area contributed by atoms with Crippen molar-refractivity contribution >= 4 is 15.7 Å². The highest BCUT2D eigenvalue weighted by molar-refractivity contribution is 7.90. The Hall–Kier alpha value is -1.60. The number of hydrogen-bond donors (Lipinski definition) is 2. The quantitative estimate of drug-likeness (QED) is 0.832. The topological polar surface area (TPSA) is 92.7 Å². The number of rotatable bonds is 4. The zero-order valence-corrected chi connectivity index (χ0v) is 15.9. The monoisotopic (exact) mass is 379 g/mol. The zero-order chi connectivity index (χ0) is 18.7. The number of nitrogens with one attached hydrogen (secondary N) is 1. The Kier molecular flexibility index (Phi) is 4.08. The van der Waals surface area contributed by atoms with E-state index in [1.807, 2.05) is 0 Å². The molecule has 0 aromatic heterocycles. The van der Waals surface area contributed by atoms with Gasteiger partial charge in [-0.2, -0.15) is 0 Å². The third-order valence-electron chi connectivity index (χ3n) is 6.38. The Morgan fingerprint density at radius 3 is 2.42 bits per heavy atom. The summed E-state index contributed by atoms with van der Waals surface area (Å²) in [5.74, 6) is 1.22. The van der Waals surface area contributed by atoms with Crippen LogP contribution in [0.4, 0.5) is 0 Å². The Morgan fingerprint density at radius 2 is 1.88 bits per heavy atom. The molecule has 0 radical (unpaired) electrons. The molecule has 2 unspecified atom stereocenters. The lowest BCUT2D eigenvalue weighted by atomic mass is 9.52. The summed E-state index contributed by atoms with van der Waals surface area (Å²) < 4.78 is 28.7. The SMILES string of the molecule is COc1cc(S(C)(=O)=O)ccc1C(=O)NC1C2CC3CC1CC(O)(C3)C2. The van der Waals surface area contributed by atoms with Crippen molar-refractivity contribution < 1.29 is 23.1 Å². The van der Waals surface area contributed by atoms with E-state index in [1.165, 1.54) is 25.3 Å². The van der Waals surface area contributed by atoms with Gasteiger partial charge in [0.25, 0.3) is 5.91 Å². The lowest BCUT2D eigenvalue weighted by molar-refractivity contribution is -0.136. The van der Waals surface area contributed by atoms with Crippen LogP contribution in [0.5, 0.6) is 5.75 Å². The van der Waals surface area contributed by atoms with Crippen molar-refractivity contribution in [3.05, 3.63) is 23.8 Å². The van der Waals surface area contributed by atoms with E-state index in [0.717, 1.165) is 38.4 Å². The predicted molar refractivity (Wildman–Crippen MR) is 95.9 cm³/mol. The van der Waals surface area contributed by atoms with Crippen LogP contribution < -0.4 is 10.1 Å². The Balaban J connectivity index is 1.56. The minimum Gasteiger partial charge on any atom is -0.496 e. The Morgan fingerprint density at radius 1 is 1.23 bits per heavy atom. The second-order valence-electron chi connectivity index (χ2n) is 8.33. The molecular formula is C19H25NO5S. The summed E-state index contributed by atoms with van der Waals surface area (Å²) in [6.07, 6.45) is 5.67. The van der Waals surface area contributed by atoms with Gasteiger partial charge in [-0.05, 0) is 68.1 Å². The minimum atomic E-state index is -3.37. The molecule has 0 saturated heterocycles. The molecule has 4 saturated carbocycles. The van der Waals surface area contributed by atoms with Crippen LogP contribution in [-0.2, 0) is 9.84 Å². The lowest BCUT2D eigenvalue weighted by Crippen LogP contribution is -2.61. The average molecular weight is 379 g/mol. The number of hydrogen-bond acceptors (Lipinski definition) is 5. The van der Waals surface area contributed by atoms with Gasteiger partial charge in [0.05, 0.1) is 23.2 Å². The summed E-state index contributed by atoms with van der Waals surface area (Å²) in [6, 6.07) is 4.41. The van der Waals surface area contributed by atoms with Crippen LogP contribution in [0.3, 0.4) is 0 Å². The summed E-state index contributed by atoms with van der Waals surface area (Å²) in [7, 11) is -1.94. The van der Waals surface area contributed by atoms with Crippen molar-refractivity contribution in [1.29, 1.82) is 0 Å². The molecule has 4 fully saturated rings. The molecule has 4 aliphatic rings. The summed E-state index contributed by atoms with van der Waals surface area (Å²) >= 11 is 0. The molecule has 2 N–H and O–H groups in total. The molecule has 1 aromatic carbocycles. The van der Waals surface area contributed by atoms with E-state index in [-0.39, 0.29) is 22.6 Å². The third-order valence-corrected chi connectivity index (χ3v) is 7.49. The largest absolute Gasteiger partial charge is 0.496 e. The maximum absolute atomic E-state index is 12.9. The van der Waals surface area contributed by atoms with Gasteiger partial charge in [0.2, 0.25) is 0 Å². The molecule has 1 aromatic rings. The van der Waals surface area contributed by atoms with Crippen molar-refractivity contribution in [1.82, 2.24) is 5.32 Å². The Labute approximate surface area is 153 Å². The van der Waals surface area contributed by atoms with E-state index in [2.05, 4.69) is 5.32 Å². The standard InChI is InChI=1S/C19H25NO5S/c1-25-16-7-14(26(2,23)24)3-4-15(16)18(21)20-17-12-5-11-6-13(17)10-19(22,8-11)9-12/h3-4,7,11-13,17,22H,5-6,8-10H2,1-2H3,(H,20,21). The van der Waals surface area contributed by atoms with E-state index in [0.29, 0.717) is 23.3 Å². The van der Waals surface area contributed by atoms with Gasteiger partial charge >= 0.3 is 0 Å². The zero-order valence-electron chi connectivity index (χ0n) is 15.1. The molecule has 4 bridgehead atoms. The molecule has 0 spiro atoms. The van der Waals surface area contributed by atoms with E-state index >= 15 is 0 Å². The third kappa shape index (κ3) is 3.01. The van der Waals surface area contributed by atoms with Crippen LogP contribution in [0.2, 0.25) is 0 Å². The first kappa shape index (κ1) is 17.8. The number of amides is 1. The first-order valence-electron chi connectivity index (χ1n) is 9.10. The van der Waals surface area contributed by atoms with Gasteiger partial charge < -0.3 is 15.2 Å². The number of benzene rings is 1. The fourth-order valence-electron chi connectivity index (χ4n) is 5.54. The molecule has 4 aliphatic carbocycles. The lowest BCUT2D eigenvalue weighted by Gasteiger charge is -2.58. The molecular weight excluding hydrogens is 354 g/mol. The molecule has 0 aliphatic heterocycles. The van der Waals surface area contributed by atoms with Gasteiger partial charge in [0.15, 0.2) is 9.84 Å². The smallest absolute Gasteiger partial charge is 0.255 e. The fraction of sp³-hybridized carbons (Fsp3) is 0.632. The van der Waals surface area contributed by atoms with Crippen LogP contribution in [0.1, 0.15) is 42.5 Å². The minimum absolute atomic E-state index is 0.0682. The molecule has 0 heterocycles. The van der Waals surface area contributed by atoms with Crippen molar-refractivity contribution in [2.45, 2.75) is 48.6 Å². The van der Waals surface area contributed by atoms with Crippen LogP contribution in [0, 0.1) is 17.8 Å². The van der Waals surface area contributed by atoms with Crippen molar-refractivity contribution in [3.63, 3.8) is 0 Å². The average Bonchev–Trinajstić information content (AvgIpc) is 2.55. The van der Waals surface area contributed by atoms with Gasteiger partial charge in [-0.3, -0.25) is 4.79 Å². The number of aliphatic hydroxyl groups is 1. The van der Waals surface area contributed by atoms with Gasteiger partial charge in [0.1, 0.15) is 5.75 Å². The van der Waals surface area contributed by atoms with Crippen LogP contribution in [0.15, 0.2) is 23.1 Å². The second kappa shape index (κ2) is 5.96. The van der Waals surface area contributed by atoms with E-state index in [1.54, 1.807) is 0 Å². The number of methoxy groups -OCH3 is 1. The van der Waals surface area contributed by atoms with Gasteiger partial charge in [-0.15, -0.1) is 0 Å². The highest BCUT2D eigenvalue weighted by Gasteiger charge is 2.55. The highest BCUT2D eigenvalue weighted by atomic mass is 32.2. The summed E-state index contributed by atoms with van der Waals surface area (Å²) in [6.45, 7) is 0. The first-order chi connectivity index (χ1) is 12.2. The van der Waals surface area contributed by atoms with E-state index in [9.17, 15) is 18.3 Å². The number of sulfone groups is 1. The van der Waals surface area contributed by atoms with Crippen molar-refractivity contribution in [2.24, 2.45) is 17.8 Å². The molecule has 26 heavy (non-hydrogen) atoms. The molecule has 1 amide bonds. The van der Waals surface area contributed by atoms with E-state index in [4.69, 9.17) is 4.74 Å². The molecule has 2 atom stereocenters. The second-order valence-corrected chi connectivity index (χ2v) is 10.3. The first-order valence-corrected chi connectivity index (χ1v) is 11.0. The molecule has 7 heteroatoms. The predicted octanol–water partition coefficient (Wildman–Crippen LogP) is 1.77. The van der Waals surface area contributed by atoms with Gasteiger partial charge in [-0.1, -0.05) is 0 Å². The maximum Gasteiger partial charge on any atom is 0.255 e. The van der Waals surface area contributed by atoms with Crippen LogP contribution >= 0.6 is 0 Å². The van der Waals surface area contributed by atoms with Crippen molar-refractivity contribution in [3.8, 4) is 5.75 Å². The maximum atomic E-state index is 12.9. The van der Waals surface area contributed by atoms with E-state index < -0.39 is 15.4 Å². The van der Waals surface area contributed by atoms with Crippen LogP contribution in [-0.4, -0.2) is 44.4 Å². The molecule has 5 rings (SSSR count). The molecule has 6 nitrogen and oxygen atoms in total. The summed E-state index contributed by atoms with van der Waals surface area (Å²) in [4.78, 5) is 13.0. The van der Waals surface area contributed by atoms with Crippen LogP contribution in [0.25, 0.3) is 0 Å². The van der Waals surface area contributed by atoms with Gasteiger partial charge in [-0.25, -0.2) is 8.42 Å². The number of carbonyl (C=O) groups is 1. The van der Waals surface area contributed by atoms with Gasteiger partial charge in [0, 0.05) is 12.3 Å². The highest BCUT2D eigenvalue weighted by Crippen LogP contribution is 2.55. The number of ether oxygens (including phenoxy) is 1.